The molecule has 22 heavy (non-hydrogen) atoms. The first-order valence-electron chi connectivity index (χ1n) is 6.66. The Balaban J connectivity index is 2.00. The summed E-state index contributed by atoms with van der Waals surface area (Å²) in [5.74, 6) is 0.267. The molecule has 0 atom stereocenters. The zero-order valence-corrected chi connectivity index (χ0v) is 15.7. The third-order valence-electron chi connectivity index (χ3n) is 3.04. The van der Waals surface area contributed by atoms with Gasteiger partial charge < -0.3 is 4.42 Å². The van der Waals surface area contributed by atoms with Crippen molar-refractivity contribution in [2.45, 2.75) is 26.2 Å². The van der Waals surface area contributed by atoms with Crippen molar-refractivity contribution in [2.75, 3.05) is 0 Å². The van der Waals surface area contributed by atoms with E-state index in [1.54, 1.807) is 18.2 Å². The Morgan fingerprint density at radius 2 is 1.86 bits per heavy atom. The average Bonchev–Trinajstić information content (AvgIpc) is 2.77. The minimum atomic E-state index is -0.263. The fraction of sp³-hybridized carbons (Fsp3) is 0.250. The zero-order chi connectivity index (χ0) is 16.3. The summed E-state index contributed by atoms with van der Waals surface area (Å²) >= 11 is 6.54. The minimum absolute atomic E-state index is 0.0627. The summed E-state index contributed by atoms with van der Waals surface area (Å²) in [6.45, 7) is 6.39. The maximum absolute atomic E-state index is 12.0. The van der Waals surface area contributed by atoms with E-state index in [-0.39, 0.29) is 11.3 Å². The number of furan rings is 1. The number of benzene rings is 1. The van der Waals surface area contributed by atoms with Gasteiger partial charge in [-0.1, -0.05) is 32.9 Å². The predicted octanol–water partition coefficient (Wildman–Crippen LogP) is 4.87. The molecule has 0 spiro atoms. The number of nitrogens with one attached hydrogen (secondary N) is 1. The number of carbonyl (C=O) groups excluding carboxylic acids is 1. The molecule has 0 saturated heterocycles. The largest absolute Gasteiger partial charge is 0.447 e. The first kappa shape index (κ1) is 17.0. The fourth-order valence-electron chi connectivity index (χ4n) is 1.77. The molecule has 0 fully saturated rings. The van der Waals surface area contributed by atoms with Crippen molar-refractivity contribution >= 4 is 44.0 Å². The highest BCUT2D eigenvalue weighted by molar-refractivity contribution is 9.13. The van der Waals surface area contributed by atoms with E-state index in [4.69, 9.17) is 4.42 Å². The highest BCUT2D eigenvalue weighted by Gasteiger charge is 2.14. The highest BCUT2D eigenvalue weighted by atomic mass is 79.9. The number of amides is 1. The first-order valence-corrected chi connectivity index (χ1v) is 8.25. The number of halogens is 2. The molecule has 1 N–H and O–H groups in total. The molecule has 6 heteroatoms. The summed E-state index contributed by atoms with van der Waals surface area (Å²) in [5, 5.41) is 3.88. The topological polar surface area (TPSA) is 54.6 Å². The number of nitrogens with zero attached hydrogens (tertiary/aromatic N) is 1. The number of rotatable bonds is 3. The Labute approximate surface area is 146 Å². The molecule has 2 rings (SSSR count). The van der Waals surface area contributed by atoms with E-state index in [1.807, 2.05) is 12.1 Å². The molecular formula is C16H16Br2N2O2. The van der Waals surface area contributed by atoms with Crippen LogP contribution in [0, 0.1) is 0 Å². The van der Waals surface area contributed by atoms with Crippen LogP contribution in [0.4, 0.5) is 0 Å². The lowest BCUT2D eigenvalue weighted by atomic mass is 9.87. The number of hydrogen-bond donors (Lipinski definition) is 1. The number of hydrazone groups is 1. The second-order valence-corrected chi connectivity index (χ2v) is 7.37. The Hall–Kier alpha value is -1.40. The summed E-state index contributed by atoms with van der Waals surface area (Å²) in [5.41, 5.74) is 4.28. The van der Waals surface area contributed by atoms with Gasteiger partial charge in [0.15, 0.2) is 4.67 Å². The molecule has 0 aliphatic rings. The minimum Gasteiger partial charge on any atom is -0.447 e. The summed E-state index contributed by atoms with van der Waals surface area (Å²) in [4.78, 5) is 12.0. The van der Waals surface area contributed by atoms with Gasteiger partial charge in [-0.15, -0.1) is 0 Å². The molecule has 0 aliphatic carbocycles. The SMILES string of the molecule is CC(C)(C)c1ccc(C(=O)N/N=C/c2cc(Br)c(Br)o2)cc1. The summed E-state index contributed by atoms with van der Waals surface area (Å²) < 4.78 is 6.70. The van der Waals surface area contributed by atoms with Gasteiger partial charge in [0.25, 0.3) is 5.91 Å². The third kappa shape index (κ3) is 4.30. The molecule has 0 radical (unpaired) electrons. The predicted molar refractivity (Wildman–Crippen MR) is 94.3 cm³/mol. The van der Waals surface area contributed by atoms with Gasteiger partial charge >= 0.3 is 0 Å². The maximum atomic E-state index is 12.0. The Bertz CT molecular complexity index is 678. The van der Waals surface area contributed by atoms with Crippen LogP contribution in [0.15, 0.2) is 49.0 Å². The first-order chi connectivity index (χ1) is 10.3. The highest BCUT2D eigenvalue weighted by Crippen LogP contribution is 2.25. The van der Waals surface area contributed by atoms with Crippen LogP contribution in [0.25, 0.3) is 0 Å². The third-order valence-corrected chi connectivity index (χ3v) is 4.75. The van der Waals surface area contributed by atoms with E-state index in [0.29, 0.717) is 16.0 Å². The zero-order valence-electron chi connectivity index (χ0n) is 12.5. The van der Waals surface area contributed by atoms with Crippen LogP contribution in [0.3, 0.4) is 0 Å². The van der Waals surface area contributed by atoms with Gasteiger partial charge in [0.1, 0.15) is 5.76 Å². The van der Waals surface area contributed by atoms with Gasteiger partial charge in [-0.05, 0) is 55.0 Å². The second-order valence-electron chi connectivity index (χ2n) is 5.80. The molecule has 4 nitrogen and oxygen atoms in total. The van der Waals surface area contributed by atoms with Crippen molar-refractivity contribution in [1.29, 1.82) is 0 Å². The van der Waals surface area contributed by atoms with Crippen molar-refractivity contribution in [2.24, 2.45) is 5.10 Å². The van der Waals surface area contributed by atoms with Crippen LogP contribution in [-0.4, -0.2) is 12.1 Å². The fourth-order valence-corrected chi connectivity index (χ4v) is 2.38. The smallest absolute Gasteiger partial charge is 0.271 e. The lowest BCUT2D eigenvalue weighted by Crippen LogP contribution is -2.18. The number of hydrogen-bond acceptors (Lipinski definition) is 3. The van der Waals surface area contributed by atoms with Crippen molar-refractivity contribution in [3.05, 3.63) is 56.4 Å². The molecule has 0 bridgehead atoms. The molecule has 1 heterocycles. The van der Waals surface area contributed by atoms with Crippen LogP contribution >= 0.6 is 31.9 Å². The van der Waals surface area contributed by atoms with Crippen LogP contribution < -0.4 is 5.43 Å². The lowest BCUT2D eigenvalue weighted by molar-refractivity contribution is 0.0955. The summed E-state index contributed by atoms with van der Waals surface area (Å²) in [6.07, 6.45) is 1.44. The average molecular weight is 428 g/mol. The van der Waals surface area contributed by atoms with Gasteiger partial charge in [-0.25, -0.2) is 5.43 Å². The van der Waals surface area contributed by atoms with Gasteiger partial charge in [-0.2, -0.15) is 5.10 Å². The Morgan fingerprint density at radius 1 is 1.23 bits per heavy atom. The van der Waals surface area contributed by atoms with E-state index in [2.05, 4.69) is 63.2 Å². The molecule has 1 amide bonds. The number of carbonyl (C=O) groups is 1. The maximum Gasteiger partial charge on any atom is 0.271 e. The van der Waals surface area contributed by atoms with E-state index in [1.165, 1.54) is 11.8 Å². The molecule has 0 saturated carbocycles. The second kappa shape index (κ2) is 6.79. The van der Waals surface area contributed by atoms with E-state index >= 15 is 0 Å². The normalized spacial score (nSPS) is 11.9. The molecule has 2 aromatic rings. The van der Waals surface area contributed by atoms with Gasteiger partial charge in [0.05, 0.1) is 10.7 Å². The summed E-state index contributed by atoms with van der Waals surface area (Å²) in [6, 6.07) is 9.26. The molecule has 0 unspecified atom stereocenters. The molecule has 116 valence electrons. The Kier molecular flexibility index (Phi) is 5.24. The van der Waals surface area contributed by atoms with E-state index in [9.17, 15) is 4.79 Å². The van der Waals surface area contributed by atoms with Gasteiger partial charge in [-0.3, -0.25) is 4.79 Å². The summed E-state index contributed by atoms with van der Waals surface area (Å²) in [7, 11) is 0. The molecule has 0 aliphatic heterocycles. The van der Waals surface area contributed by atoms with Crippen LogP contribution in [-0.2, 0) is 5.41 Å². The van der Waals surface area contributed by atoms with Crippen molar-refractivity contribution in [1.82, 2.24) is 5.43 Å². The van der Waals surface area contributed by atoms with Crippen molar-refractivity contribution in [3.63, 3.8) is 0 Å². The molecule has 1 aromatic heterocycles. The Morgan fingerprint density at radius 3 is 2.36 bits per heavy atom. The van der Waals surface area contributed by atoms with Gasteiger partial charge in [0, 0.05) is 11.6 Å². The lowest BCUT2D eigenvalue weighted by Gasteiger charge is -2.18. The quantitative estimate of drug-likeness (QED) is 0.561. The standard InChI is InChI=1S/C16H16Br2N2O2/c1-16(2,3)11-6-4-10(5-7-11)15(21)20-19-9-12-8-13(17)14(18)22-12/h4-9H,1-3H3,(H,20,21)/b19-9+. The van der Waals surface area contributed by atoms with Crippen LogP contribution in [0.2, 0.25) is 0 Å². The van der Waals surface area contributed by atoms with Crippen LogP contribution in [0.1, 0.15) is 42.5 Å². The van der Waals surface area contributed by atoms with Gasteiger partial charge in [0.2, 0.25) is 0 Å². The van der Waals surface area contributed by atoms with Crippen LogP contribution in [0.5, 0.6) is 0 Å². The van der Waals surface area contributed by atoms with Crippen molar-refractivity contribution < 1.29 is 9.21 Å². The molecule has 1 aromatic carbocycles. The van der Waals surface area contributed by atoms with Crippen molar-refractivity contribution in [3.8, 4) is 0 Å². The monoisotopic (exact) mass is 426 g/mol. The molecular weight excluding hydrogens is 412 g/mol. The van der Waals surface area contributed by atoms with E-state index < -0.39 is 0 Å². The van der Waals surface area contributed by atoms with E-state index in [0.717, 1.165) is 4.47 Å².